The van der Waals surface area contributed by atoms with Crippen molar-refractivity contribution in [2.24, 2.45) is 0 Å². The summed E-state index contributed by atoms with van der Waals surface area (Å²) >= 11 is 11.7. The molecule has 0 heterocycles. The van der Waals surface area contributed by atoms with Crippen LogP contribution in [-0.4, -0.2) is 13.3 Å². The van der Waals surface area contributed by atoms with E-state index in [9.17, 15) is 4.39 Å². The number of nitrogens with two attached hydrogens (primary N) is 1. The molecule has 2 nitrogen and oxygen atoms in total. The highest BCUT2D eigenvalue weighted by molar-refractivity contribution is 6.37. The smallest absolute Gasteiger partial charge is 0.156 e. The molecule has 5 heteroatoms. The van der Waals surface area contributed by atoms with Crippen LogP contribution in [0.25, 0.3) is 0 Å². The Labute approximate surface area is 91.8 Å². The normalized spacial score (nSPS) is 10.2. The third-order valence-electron chi connectivity index (χ3n) is 1.54. The quantitative estimate of drug-likeness (QED) is 0.645. The number of rotatable bonds is 4. The second-order valence-corrected chi connectivity index (χ2v) is 3.52. The van der Waals surface area contributed by atoms with E-state index < -0.39 is 6.67 Å². The summed E-state index contributed by atoms with van der Waals surface area (Å²) in [5, 5.41) is 0.683. The van der Waals surface area contributed by atoms with E-state index in [4.69, 9.17) is 33.7 Å². The Hall–Kier alpha value is -0.670. The number of anilines is 1. The number of hydrogen-bond donors (Lipinski definition) is 1. The number of halogens is 3. The average Bonchev–Trinajstić information content (AvgIpc) is 2.09. The Balaban J connectivity index is 2.75. The van der Waals surface area contributed by atoms with E-state index in [1.165, 1.54) is 12.1 Å². The second kappa shape index (κ2) is 5.27. The minimum atomic E-state index is -0.426. The highest BCUT2D eigenvalue weighted by Gasteiger charge is 2.08. The fraction of sp³-hybridized carbons (Fsp3) is 0.333. The van der Waals surface area contributed by atoms with Gasteiger partial charge in [0.25, 0.3) is 0 Å². The Morgan fingerprint density at radius 3 is 2.36 bits per heavy atom. The number of hydrogen-bond acceptors (Lipinski definition) is 2. The van der Waals surface area contributed by atoms with Crippen molar-refractivity contribution in [1.29, 1.82) is 0 Å². The van der Waals surface area contributed by atoms with E-state index in [0.717, 1.165) is 0 Å². The summed E-state index contributed by atoms with van der Waals surface area (Å²) in [6.45, 7) is -0.177. The van der Waals surface area contributed by atoms with Gasteiger partial charge in [-0.25, -0.2) is 0 Å². The highest BCUT2D eigenvalue weighted by Crippen LogP contribution is 2.35. The molecule has 0 amide bonds. The monoisotopic (exact) mass is 237 g/mol. The van der Waals surface area contributed by atoms with Crippen LogP contribution in [0.15, 0.2) is 12.1 Å². The van der Waals surface area contributed by atoms with Crippen molar-refractivity contribution in [3.05, 3.63) is 22.2 Å². The number of nitrogen functional groups attached to an aromatic ring is 1. The minimum Gasteiger partial charge on any atom is -0.490 e. The first-order valence-electron chi connectivity index (χ1n) is 4.08. The summed E-state index contributed by atoms with van der Waals surface area (Å²) < 4.78 is 17.0. The lowest BCUT2D eigenvalue weighted by Crippen LogP contribution is -1.99. The van der Waals surface area contributed by atoms with E-state index in [2.05, 4.69) is 0 Å². The van der Waals surface area contributed by atoms with Gasteiger partial charge in [0.1, 0.15) is 0 Å². The number of ether oxygens (including phenoxy) is 1. The van der Waals surface area contributed by atoms with Crippen molar-refractivity contribution < 1.29 is 9.13 Å². The van der Waals surface area contributed by atoms with Gasteiger partial charge in [0.05, 0.1) is 23.3 Å². The van der Waals surface area contributed by atoms with Gasteiger partial charge in [-0.2, -0.15) is 0 Å². The molecule has 0 aliphatic carbocycles. The van der Waals surface area contributed by atoms with E-state index >= 15 is 0 Å². The molecule has 0 atom stereocenters. The first-order valence-corrected chi connectivity index (χ1v) is 4.84. The summed E-state index contributed by atoms with van der Waals surface area (Å²) in [6, 6.07) is 3.08. The van der Waals surface area contributed by atoms with Crippen LogP contribution >= 0.6 is 23.2 Å². The SMILES string of the molecule is Nc1cc(Cl)c(OCCCF)c(Cl)c1. The van der Waals surface area contributed by atoms with Gasteiger partial charge in [0.15, 0.2) is 5.75 Å². The van der Waals surface area contributed by atoms with Crippen LogP contribution in [0, 0.1) is 0 Å². The average molecular weight is 238 g/mol. The topological polar surface area (TPSA) is 35.2 Å². The Kier molecular flexibility index (Phi) is 4.29. The summed E-state index contributed by atoms with van der Waals surface area (Å²) in [6.07, 6.45) is 0.317. The van der Waals surface area contributed by atoms with Crippen LogP contribution in [0.2, 0.25) is 10.0 Å². The number of alkyl halides is 1. The molecule has 2 N–H and O–H groups in total. The van der Waals surface area contributed by atoms with E-state index in [1.54, 1.807) is 0 Å². The van der Waals surface area contributed by atoms with E-state index in [-0.39, 0.29) is 6.61 Å². The van der Waals surface area contributed by atoms with Gasteiger partial charge in [0, 0.05) is 12.1 Å². The molecule has 1 aromatic rings. The molecular formula is C9H10Cl2FNO. The second-order valence-electron chi connectivity index (χ2n) is 2.70. The molecule has 0 saturated carbocycles. The molecule has 0 radical (unpaired) electrons. The summed E-state index contributed by atoms with van der Waals surface area (Å²) in [7, 11) is 0. The van der Waals surface area contributed by atoms with Gasteiger partial charge in [-0.1, -0.05) is 23.2 Å². The maximum absolute atomic E-state index is 11.8. The fourth-order valence-electron chi connectivity index (χ4n) is 0.946. The molecule has 14 heavy (non-hydrogen) atoms. The van der Waals surface area contributed by atoms with Crippen molar-refractivity contribution in [2.75, 3.05) is 19.0 Å². The van der Waals surface area contributed by atoms with E-state index in [1.807, 2.05) is 0 Å². The molecule has 0 spiro atoms. The van der Waals surface area contributed by atoms with Crippen molar-refractivity contribution >= 4 is 28.9 Å². The zero-order valence-corrected chi connectivity index (χ0v) is 8.91. The van der Waals surface area contributed by atoms with Gasteiger partial charge in [-0.05, 0) is 12.1 Å². The predicted octanol–water partition coefficient (Wildman–Crippen LogP) is 3.31. The lowest BCUT2D eigenvalue weighted by atomic mass is 10.3. The molecule has 0 bridgehead atoms. The van der Waals surface area contributed by atoms with Crippen LogP contribution in [0.3, 0.4) is 0 Å². The minimum absolute atomic E-state index is 0.250. The van der Waals surface area contributed by atoms with Crippen molar-refractivity contribution in [3.63, 3.8) is 0 Å². The predicted molar refractivity (Wildman–Crippen MR) is 57.0 cm³/mol. The molecule has 1 aromatic carbocycles. The molecule has 0 aromatic heterocycles. The maximum Gasteiger partial charge on any atom is 0.156 e. The lowest BCUT2D eigenvalue weighted by molar-refractivity contribution is 0.290. The molecule has 0 aliphatic heterocycles. The molecule has 0 aliphatic rings. The van der Waals surface area contributed by atoms with Crippen LogP contribution < -0.4 is 10.5 Å². The van der Waals surface area contributed by atoms with E-state index in [0.29, 0.717) is 27.9 Å². The largest absolute Gasteiger partial charge is 0.490 e. The Bertz CT molecular complexity index is 297. The van der Waals surface area contributed by atoms with Crippen molar-refractivity contribution in [3.8, 4) is 5.75 Å². The van der Waals surface area contributed by atoms with Gasteiger partial charge in [-0.15, -0.1) is 0 Å². The number of benzene rings is 1. The molecule has 78 valence electrons. The fourth-order valence-corrected chi connectivity index (χ4v) is 1.56. The summed E-state index contributed by atoms with van der Waals surface area (Å²) in [5.74, 6) is 0.357. The van der Waals surface area contributed by atoms with Crippen molar-refractivity contribution in [1.82, 2.24) is 0 Å². The van der Waals surface area contributed by atoms with Crippen LogP contribution in [0.1, 0.15) is 6.42 Å². The first-order chi connectivity index (χ1) is 6.65. The summed E-state index contributed by atoms with van der Waals surface area (Å²) in [5.41, 5.74) is 5.97. The van der Waals surface area contributed by atoms with Crippen LogP contribution in [0.5, 0.6) is 5.75 Å². The lowest BCUT2D eigenvalue weighted by Gasteiger charge is -2.09. The highest BCUT2D eigenvalue weighted by atomic mass is 35.5. The molecular weight excluding hydrogens is 228 g/mol. The van der Waals surface area contributed by atoms with Gasteiger partial charge in [0.2, 0.25) is 0 Å². The zero-order valence-electron chi connectivity index (χ0n) is 7.40. The molecule has 0 unspecified atom stereocenters. The molecule has 0 saturated heterocycles. The van der Waals surface area contributed by atoms with Gasteiger partial charge < -0.3 is 10.5 Å². The summed E-state index contributed by atoms with van der Waals surface area (Å²) in [4.78, 5) is 0. The third-order valence-corrected chi connectivity index (χ3v) is 2.11. The third kappa shape index (κ3) is 2.93. The zero-order chi connectivity index (χ0) is 10.6. The Morgan fingerprint density at radius 2 is 1.86 bits per heavy atom. The maximum atomic E-state index is 11.8. The van der Waals surface area contributed by atoms with Crippen molar-refractivity contribution in [2.45, 2.75) is 6.42 Å². The van der Waals surface area contributed by atoms with Crippen LogP contribution in [-0.2, 0) is 0 Å². The van der Waals surface area contributed by atoms with Gasteiger partial charge in [-0.3, -0.25) is 4.39 Å². The standard InChI is InChI=1S/C9H10Cl2FNO/c10-7-4-6(13)5-8(11)9(7)14-3-1-2-12/h4-5H,1-3,13H2. The molecule has 0 fully saturated rings. The molecule has 1 rings (SSSR count). The first kappa shape index (κ1) is 11.4. The van der Waals surface area contributed by atoms with Gasteiger partial charge >= 0.3 is 0 Å². The van der Waals surface area contributed by atoms with Crippen LogP contribution in [0.4, 0.5) is 10.1 Å². The Morgan fingerprint density at radius 1 is 1.29 bits per heavy atom.